The molecule has 1 heterocycles. The summed E-state index contributed by atoms with van der Waals surface area (Å²) in [7, 11) is -0.00604. The fraction of sp³-hybridized carbons (Fsp3) is 0.630. The minimum absolute atomic E-state index is 0.0446. The summed E-state index contributed by atoms with van der Waals surface area (Å²) in [4.78, 5) is 27.8. The van der Waals surface area contributed by atoms with Crippen LogP contribution in [0.1, 0.15) is 59.4 Å². The van der Waals surface area contributed by atoms with Crippen molar-refractivity contribution in [1.29, 1.82) is 0 Å². The van der Waals surface area contributed by atoms with E-state index in [4.69, 9.17) is 18.5 Å². The van der Waals surface area contributed by atoms with Crippen LogP contribution in [0.5, 0.6) is 0 Å². The normalized spacial score (nSPS) is 23.2. The third-order valence-corrected chi connectivity index (χ3v) is 8.64. The highest BCUT2D eigenvalue weighted by molar-refractivity contribution is 7.54. The standard InChI is InChI=1S/C27H42NO7P/c1-19(2)17-21-18-23(25(29)32-6)28(26(30)35-27(3,4)5)24(36(31,33-7)34-8)22(21)16-12-15-20-13-10-9-11-14-20/h9-15,19,21-24H,16-18H2,1-8H3/b15-12+/t21-,22+,23-,24-/m1/s1. The number of carbonyl (C=O) groups is 2. The highest BCUT2D eigenvalue weighted by Gasteiger charge is 2.56. The summed E-state index contributed by atoms with van der Waals surface area (Å²) in [6.45, 7) is 9.43. The summed E-state index contributed by atoms with van der Waals surface area (Å²) in [5.74, 6) is -1.67. The summed E-state index contributed by atoms with van der Waals surface area (Å²) >= 11 is 0. The first kappa shape index (κ1) is 30.1. The second kappa shape index (κ2) is 12.9. The fourth-order valence-electron chi connectivity index (χ4n) is 4.90. The quantitative estimate of drug-likeness (QED) is 0.275. The Morgan fingerprint density at radius 1 is 1.11 bits per heavy atom. The monoisotopic (exact) mass is 523 g/mol. The van der Waals surface area contributed by atoms with Crippen LogP contribution in [0.4, 0.5) is 4.79 Å². The lowest BCUT2D eigenvalue weighted by molar-refractivity contribution is -0.151. The number of esters is 1. The molecule has 0 aromatic heterocycles. The molecule has 8 nitrogen and oxygen atoms in total. The van der Waals surface area contributed by atoms with Gasteiger partial charge in [0, 0.05) is 14.2 Å². The highest BCUT2D eigenvalue weighted by Crippen LogP contribution is 2.60. The maximum Gasteiger partial charge on any atom is 0.411 e. The van der Waals surface area contributed by atoms with Crippen molar-refractivity contribution in [3.63, 3.8) is 0 Å². The van der Waals surface area contributed by atoms with Crippen LogP contribution >= 0.6 is 7.60 Å². The molecule has 0 bridgehead atoms. The summed E-state index contributed by atoms with van der Waals surface area (Å²) in [5, 5.41) is 0. The molecule has 1 amide bonds. The van der Waals surface area contributed by atoms with Crippen LogP contribution in [0.3, 0.4) is 0 Å². The Morgan fingerprint density at radius 2 is 1.72 bits per heavy atom. The van der Waals surface area contributed by atoms with Crippen LogP contribution in [-0.2, 0) is 27.9 Å². The van der Waals surface area contributed by atoms with Gasteiger partial charge in [-0.05, 0) is 63.4 Å². The molecule has 0 unspecified atom stereocenters. The fourth-order valence-corrected chi connectivity index (χ4v) is 6.87. The van der Waals surface area contributed by atoms with E-state index in [2.05, 4.69) is 13.8 Å². The molecule has 1 aliphatic heterocycles. The zero-order valence-corrected chi connectivity index (χ0v) is 23.7. The summed E-state index contributed by atoms with van der Waals surface area (Å²) in [6, 6.07) is 8.88. The van der Waals surface area contributed by atoms with E-state index in [1.807, 2.05) is 42.5 Å². The van der Waals surface area contributed by atoms with Gasteiger partial charge in [0.15, 0.2) is 0 Å². The van der Waals surface area contributed by atoms with Gasteiger partial charge in [-0.3, -0.25) is 9.46 Å². The molecule has 36 heavy (non-hydrogen) atoms. The van der Waals surface area contributed by atoms with Gasteiger partial charge in [-0.15, -0.1) is 0 Å². The van der Waals surface area contributed by atoms with Crippen molar-refractivity contribution in [2.24, 2.45) is 17.8 Å². The predicted octanol–water partition coefficient (Wildman–Crippen LogP) is 6.36. The van der Waals surface area contributed by atoms with E-state index in [0.29, 0.717) is 18.8 Å². The highest BCUT2D eigenvalue weighted by atomic mass is 31.2. The summed E-state index contributed by atoms with van der Waals surface area (Å²) in [6.07, 6.45) is 4.89. The summed E-state index contributed by atoms with van der Waals surface area (Å²) < 4.78 is 35.7. The van der Waals surface area contributed by atoms with Gasteiger partial charge in [0.25, 0.3) is 0 Å². The van der Waals surface area contributed by atoms with E-state index >= 15 is 0 Å². The molecule has 0 spiro atoms. The van der Waals surface area contributed by atoms with Crippen LogP contribution in [-0.4, -0.2) is 55.7 Å². The number of rotatable bonds is 9. The molecule has 1 aliphatic rings. The third kappa shape index (κ3) is 7.67. The van der Waals surface area contributed by atoms with E-state index in [1.54, 1.807) is 20.8 Å². The van der Waals surface area contributed by atoms with E-state index in [-0.39, 0.29) is 11.8 Å². The molecule has 0 saturated carbocycles. The number of likely N-dealkylation sites (tertiary alicyclic amines) is 1. The Kier molecular flexibility index (Phi) is 10.8. The SMILES string of the molecule is COC(=O)[C@H]1C[C@@H](CC(C)C)[C@H](C/C=C/c2ccccc2)[C@@H](P(=O)(OC)OC)N1C(=O)OC(C)(C)C. The predicted molar refractivity (Wildman–Crippen MR) is 140 cm³/mol. The molecule has 1 saturated heterocycles. The van der Waals surface area contributed by atoms with Crippen molar-refractivity contribution < 1.29 is 32.7 Å². The van der Waals surface area contributed by atoms with Crippen molar-refractivity contribution in [2.75, 3.05) is 21.3 Å². The molecular weight excluding hydrogens is 481 g/mol. The maximum atomic E-state index is 14.0. The molecule has 202 valence electrons. The number of hydrogen-bond acceptors (Lipinski definition) is 7. The van der Waals surface area contributed by atoms with Gasteiger partial charge in [0.1, 0.15) is 17.4 Å². The molecule has 9 heteroatoms. The molecule has 0 N–H and O–H groups in total. The van der Waals surface area contributed by atoms with Crippen LogP contribution in [0.25, 0.3) is 6.08 Å². The van der Waals surface area contributed by atoms with Gasteiger partial charge in [-0.2, -0.15) is 0 Å². The van der Waals surface area contributed by atoms with Crippen LogP contribution in [0.15, 0.2) is 36.4 Å². The van der Waals surface area contributed by atoms with Crippen molar-refractivity contribution in [3.8, 4) is 0 Å². The first-order valence-corrected chi connectivity index (χ1v) is 14.0. The van der Waals surface area contributed by atoms with E-state index in [9.17, 15) is 14.2 Å². The summed E-state index contributed by atoms with van der Waals surface area (Å²) in [5.41, 5.74) is 0.201. The van der Waals surface area contributed by atoms with Crippen molar-refractivity contribution in [1.82, 2.24) is 4.90 Å². The van der Waals surface area contributed by atoms with Gasteiger partial charge in [0.2, 0.25) is 0 Å². The number of nitrogens with zero attached hydrogens (tertiary/aromatic N) is 1. The number of carbonyl (C=O) groups excluding carboxylic acids is 2. The Labute approximate surface area is 215 Å². The van der Waals surface area contributed by atoms with Gasteiger partial charge < -0.3 is 18.5 Å². The number of benzene rings is 1. The van der Waals surface area contributed by atoms with Crippen molar-refractivity contribution in [2.45, 2.75) is 71.3 Å². The van der Waals surface area contributed by atoms with Gasteiger partial charge in [-0.25, -0.2) is 9.59 Å². The minimum Gasteiger partial charge on any atom is -0.467 e. The third-order valence-electron chi connectivity index (χ3n) is 6.34. The molecule has 1 aromatic rings. The Balaban J connectivity index is 2.64. The molecule has 1 fully saturated rings. The average Bonchev–Trinajstić information content (AvgIpc) is 2.82. The van der Waals surface area contributed by atoms with E-state index in [0.717, 1.165) is 12.0 Å². The largest absolute Gasteiger partial charge is 0.467 e. The number of allylic oxidation sites excluding steroid dienone is 1. The zero-order valence-electron chi connectivity index (χ0n) is 22.8. The number of ether oxygens (including phenoxy) is 2. The van der Waals surface area contributed by atoms with Gasteiger partial charge >= 0.3 is 19.7 Å². The number of amides is 1. The molecule has 2 rings (SSSR count). The second-order valence-electron chi connectivity index (χ2n) is 10.6. The van der Waals surface area contributed by atoms with Gasteiger partial charge in [0.05, 0.1) is 7.11 Å². The maximum absolute atomic E-state index is 14.0. The first-order valence-electron chi connectivity index (χ1n) is 12.4. The van der Waals surface area contributed by atoms with E-state index in [1.165, 1.54) is 26.2 Å². The van der Waals surface area contributed by atoms with Crippen LogP contribution < -0.4 is 0 Å². The van der Waals surface area contributed by atoms with E-state index < -0.39 is 37.1 Å². The Morgan fingerprint density at radius 3 is 2.22 bits per heavy atom. The van der Waals surface area contributed by atoms with Crippen molar-refractivity contribution in [3.05, 3.63) is 42.0 Å². The van der Waals surface area contributed by atoms with Crippen molar-refractivity contribution >= 4 is 25.7 Å². The van der Waals surface area contributed by atoms with Gasteiger partial charge in [-0.1, -0.05) is 56.3 Å². The lowest BCUT2D eigenvalue weighted by atomic mass is 9.75. The second-order valence-corrected chi connectivity index (χ2v) is 12.9. The van der Waals surface area contributed by atoms with Crippen LogP contribution in [0, 0.1) is 17.8 Å². The lowest BCUT2D eigenvalue weighted by Crippen LogP contribution is -2.60. The first-order chi connectivity index (χ1) is 16.9. The molecule has 1 aromatic carbocycles. The van der Waals surface area contributed by atoms with Crippen LogP contribution in [0.2, 0.25) is 0 Å². The lowest BCUT2D eigenvalue weighted by Gasteiger charge is -2.49. The molecular formula is C27H42NO7P. The minimum atomic E-state index is -3.89. The molecule has 4 atom stereocenters. The molecule has 0 radical (unpaired) electrons. The number of methoxy groups -OCH3 is 1. The zero-order chi connectivity index (χ0) is 27.1. The smallest absolute Gasteiger partial charge is 0.411 e. The average molecular weight is 524 g/mol. The topological polar surface area (TPSA) is 91.4 Å². The number of piperidine rings is 1. The Bertz CT molecular complexity index is 933. The Hall–Kier alpha value is -2.15. The number of hydrogen-bond donors (Lipinski definition) is 0. The molecule has 0 aliphatic carbocycles.